The number of benzene rings is 1. The molecule has 0 unspecified atom stereocenters. The molecule has 0 spiro atoms. The molecule has 0 fully saturated rings. The number of halogens is 2. The molecule has 1 aromatic rings. The second-order valence-electron chi connectivity index (χ2n) is 6.97. The van der Waals surface area contributed by atoms with Gasteiger partial charge in [0, 0.05) is 6.07 Å². The van der Waals surface area contributed by atoms with Crippen LogP contribution in [0.15, 0.2) is 18.2 Å². The minimum Gasteiger partial charge on any atom is -0.467 e. The van der Waals surface area contributed by atoms with Crippen molar-refractivity contribution in [3.8, 4) is 0 Å². The van der Waals surface area contributed by atoms with Crippen molar-refractivity contribution in [2.45, 2.75) is 51.1 Å². The van der Waals surface area contributed by atoms with Gasteiger partial charge in [0.15, 0.2) is 14.4 Å². The van der Waals surface area contributed by atoms with Crippen molar-refractivity contribution >= 4 is 14.3 Å². The number of aliphatic hydroxyl groups excluding tert-OH is 1. The van der Waals surface area contributed by atoms with Crippen molar-refractivity contribution in [2.75, 3.05) is 7.11 Å². The molecule has 0 saturated carbocycles. The van der Waals surface area contributed by atoms with Gasteiger partial charge in [0.1, 0.15) is 17.7 Å². The van der Waals surface area contributed by atoms with Crippen LogP contribution in [0.3, 0.4) is 0 Å². The van der Waals surface area contributed by atoms with E-state index in [0.717, 1.165) is 25.3 Å². The molecule has 0 amide bonds. The average Bonchev–Trinajstić information content (AvgIpc) is 2.40. The van der Waals surface area contributed by atoms with Crippen molar-refractivity contribution in [1.82, 2.24) is 0 Å². The number of esters is 1. The van der Waals surface area contributed by atoms with Gasteiger partial charge in [-0.25, -0.2) is 13.6 Å². The highest BCUT2D eigenvalue weighted by Gasteiger charge is 2.42. The summed E-state index contributed by atoms with van der Waals surface area (Å²) in [5.41, 5.74) is 0.0604. The molecule has 0 aliphatic rings. The first-order chi connectivity index (χ1) is 10.4. The van der Waals surface area contributed by atoms with Gasteiger partial charge in [-0.15, -0.1) is 0 Å². The Morgan fingerprint density at radius 3 is 2.04 bits per heavy atom. The second kappa shape index (κ2) is 7.07. The van der Waals surface area contributed by atoms with Crippen molar-refractivity contribution in [3.05, 3.63) is 35.4 Å². The average molecular weight is 346 g/mol. The van der Waals surface area contributed by atoms with E-state index in [1.165, 1.54) is 0 Å². The van der Waals surface area contributed by atoms with E-state index in [4.69, 9.17) is 4.43 Å². The van der Waals surface area contributed by atoms with E-state index in [0.29, 0.717) is 0 Å². The number of carbonyl (C=O) groups is 1. The van der Waals surface area contributed by atoms with Crippen LogP contribution in [0.5, 0.6) is 0 Å². The van der Waals surface area contributed by atoms with Gasteiger partial charge < -0.3 is 14.3 Å². The summed E-state index contributed by atoms with van der Waals surface area (Å²) < 4.78 is 37.6. The SMILES string of the molecule is COC(=O)[C@H](O)[C@H](O[Si](C)(C)C(C)(C)C)c1cc(F)cc(F)c1. The lowest BCUT2D eigenvalue weighted by Crippen LogP contribution is -2.45. The summed E-state index contributed by atoms with van der Waals surface area (Å²) in [5.74, 6) is -2.53. The summed E-state index contributed by atoms with van der Waals surface area (Å²) in [6.07, 6.45) is -2.87. The van der Waals surface area contributed by atoms with Gasteiger partial charge in [0.25, 0.3) is 0 Å². The third kappa shape index (κ3) is 4.83. The highest BCUT2D eigenvalue weighted by atomic mass is 28.4. The lowest BCUT2D eigenvalue weighted by Gasteiger charge is -2.40. The number of carbonyl (C=O) groups excluding carboxylic acids is 1. The number of ether oxygens (including phenoxy) is 1. The standard InChI is InChI=1S/C16H24F2O4Si/c1-16(2,3)23(5,6)22-14(13(19)15(20)21-4)10-7-11(17)9-12(18)8-10/h7-9,13-14,19H,1-6H3/t13-,14-/m1/s1. The Hall–Kier alpha value is -1.31. The molecule has 4 nitrogen and oxygen atoms in total. The highest BCUT2D eigenvalue weighted by Crippen LogP contribution is 2.40. The maximum absolute atomic E-state index is 13.5. The molecule has 0 aromatic heterocycles. The largest absolute Gasteiger partial charge is 0.467 e. The molecule has 7 heteroatoms. The maximum Gasteiger partial charge on any atom is 0.337 e. The number of hydrogen-bond donors (Lipinski definition) is 1. The summed E-state index contributed by atoms with van der Waals surface area (Å²) in [6.45, 7) is 9.77. The molecule has 0 aliphatic carbocycles. The quantitative estimate of drug-likeness (QED) is 0.654. The molecule has 1 aromatic carbocycles. The Morgan fingerprint density at radius 2 is 1.65 bits per heavy atom. The highest BCUT2D eigenvalue weighted by molar-refractivity contribution is 6.74. The zero-order chi connectivity index (χ0) is 18.0. The van der Waals surface area contributed by atoms with Crippen LogP contribution in [0.2, 0.25) is 18.1 Å². The number of hydrogen-bond acceptors (Lipinski definition) is 4. The fourth-order valence-corrected chi connectivity index (χ4v) is 3.05. The Kier molecular flexibility index (Phi) is 6.06. The molecule has 1 rings (SSSR count). The third-order valence-electron chi connectivity index (χ3n) is 4.17. The van der Waals surface area contributed by atoms with E-state index in [1.54, 1.807) is 0 Å². The lowest BCUT2D eigenvalue weighted by molar-refractivity contribution is -0.156. The van der Waals surface area contributed by atoms with Crippen LogP contribution in [0.25, 0.3) is 0 Å². The van der Waals surface area contributed by atoms with Gasteiger partial charge in [0.2, 0.25) is 0 Å². The van der Waals surface area contributed by atoms with Gasteiger partial charge in [-0.2, -0.15) is 0 Å². The molecule has 23 heavy (non-hydrogen) atoms. The first kappa shape index (κ1) is 19.7. The number of aliphatic hydroxyl groups is 1. The fourth-order valence-electron chi connectivity index (χ4n) is 1.79. The summed E-state index contributed by atoms with van der Waals surface area (Å²) in [7, 11) is -1.29. The predicted molar refractivity (Wildman–Crippen MR) is 85.4 cm³/mol. The van der Waals surface area contributed by atoms with Gasteiger partial charge in [0.05, 0.1) is 7.11 Å². The Morgan fingerprint density at radius 1 is 1.17 bits per heavy atom. The molecular formula is C16H24F2O4Si. The van der Waals surface area contributed by atoms with Crippen LogP contribution < -0.4 is 0 Å². The zero-order valence-electron chi connectivity index (χ0n) is 14.3. The Labute approximate surface area is 136 Å². The molecule has 0 aliphatic heterocycles. The number of methoxy groups -OCH3 is 1. The first-order valence-electron chi connectivity index (χ1n) is 7.29. The summed E-state index contributed by atoms with van der Waals surface area (Å²) >= 11 is 0. The van der Waals surface area contributed by atoms with E-state index in [2.05, 4.69) is 4.74 Å². The normalized spacial score (nSPS) is 15.2. The Bertz CT molecular complexity index is 549. The smallest absolute Gasteiger partial charge is 0.337 e. The summed E-state index contributed by atoms with van der Waals surface area (Å²) in [6, 6.07) is 2.82. The minimum atomic E-state index is -2.42. The van der Waals surface area contributed by atoms with Crippen molar-refractivity contribution in [2.24, 2.45) is 0 Å². The monoisotopic (exact) mass is 346 g/mol. The molecule has 0 saturated heterocycles. The number of rotatable bonds is 5. The molecule has 0 heterocycles. The second-order valence-corrected chi connectivity index (χ2v) is 11.7. The maximum atomic E-state index is 13.5. The molecular weight excluding hydrogens is 322 g/mol. The lowest BCUT2D eigenvalue weighted by atomic mass is 10.0. The van der Waals surface area contributed by atoms with Crippen LogP contribution in [0.4, 0.5) is 8.78 Å². The Balaban J connectivity index is 3.30. The van der Waals surface area contributed by atoms with E-state index in [1.807, 2.05) is 33.9 Å². The molecule has 130 valence electrons. The van der Waals surface area contributed by atoms with E-state index < -0.39 is 38.1 Å². The van der Waals surface area contributed by atoms with Crippen LogP contribution in [-0.4, -0.2) is 32.6 Å². The van der Waals surface area contributed by atoms with Crippen LogP contribution in [-0.2, 0) is 14.0 Å². The van der Waals surface area contributed by atoms with E-state index in [9.17, 15) is 18.7 Å². The van der Waals surface area contributed by atoms with Gasteiger partial charge in [-0.05, 0) is 35.8 Å². The van der Waals surface area contributed by atoms with Gasteiger partial charge in [-0.1, -0.05) is 20.8 Å². The molecule has 0 radical (unpaired) electrons. The third-order valence-corrected chi connectivity index (χ3v) is 8.63. The van der Waals surface area contributed by atoms with Crippen LogP contribution in [0.1, 0.15) is 32.4 Å². The van der Waals surface area contributed by atoms with Crippen LogP contribution in [0, 0.1) is 11.6 Å². The molecule has 2 atom stereocenters. The topological polar surface area (TPSA) is 55.8 Å². The zero-order valence-corrected chi connectivity index (χ0v) is 15.3. The van der Waals surface area contributed by atoms with Gasteiger partial charge in [-0.3, -0.25) is 0 Å². The van der Waals surface area contributed by atoms with E-state index in [-0.39, 0.29) is 10.6 Å². The van der Waals surface area contributed by atoms with Crippen molar-refractivity contribution in [3.63, 3.8) is 0 Å². The predicted octanol–water partition coefficient (Wildman–Crippen LogP) is 3.56. The molecule has 0 bridgehead atoms. The van der Waals surface area contributed by atoms with Crippen molar-refractivity contribution < 1.29 is 27.8 Å². The minimum absolute atomic E-state index is 0.0604. The van der Waals surface area contributed by atoms with Crippen molar-refractivity contribution in [1.29, 1.82) is 0 Å². The summed E-state index contributed by atoms with van der Waals surface area (Å²) in [5, 5.41) is 10.0. The molecule has 1 N–H and O–H groups in total. The van der Waals surface area contributed by atoms with E-state index >= 15 is 0 Å². The summed E-state index contributed by atoms with van der Waals surface area (Å²) in [4.78, 5) is 11.7. The fraction of sp³-hybridized carbons (Fsp3) is 0.562. The van der Waals surface area contributed by atoms with Crippen LogP contribution >= 0.6 is 0 Å². The van der Waals surface area contributed by atoms with Gasteiger partial charge >= 0.3 is 5.97 Å². The first-order valence-corrected chi connectivity index (χ1v) is 10.2.